The summed E-state index contributed by atoms with van der Waals surface area (Å²) in [5, 5.41) is 16.1. The number of aliphatic hydroxyl groups excluding tert-OH is 1. The lowest BCUT2D eigenvalue weighted by molar-refractivity contribution is 0.0884. The van der Waals surface area contributed by atoms with Gasteiger partial charge in [-0.1, -0.05) is 6.92 Å². The predicted molar refractivity (Wildman–Crippen MR) is 73.4 cm³/mol. The predicted octanol–water partition coefficient (Wildman–Crippen LogP) is 0.714. The summed E-state index contributed by atoms with van der Waals surface area (Å²) in [6, 6.07) is 0. The second-order valence-corrected chi connectivity index (χ2v) is 5.07. The van der Waals surface area contributed by atoms with E-state index in [1.807, 2.05) is 13.8 Å². The van der Waals surface area contributed by atoms with Crippen LogP contribution in [0.2, 0.25) is 0 Å². The molecule has 1 atom stereocenters. The molecule has 7 nitrogen and oxygen atoms in total. The number of amides is 1. The minimum atomic E-state index is -0.435. The molecule has 0 aliphatic heterocycles. The van der Waals surface area contributed by atoms with Gasteiger partial charge in [0.15, 0.2) is 0 Å². The average Bonchev–Trinajstić information content (AvgIpc) is 2.88. The summed E-state index contributed by atoms with van der Waals surface area (Å²) < 4.78 is 1.53. The van der Waals surface area contributed by atoms with E-state index >= 15 is 0 Å². The maximum absolute atomic E-state index is 12.4. The lowest BCUT2D eigenvalue weighted by Crippen LogP contribution is -2.46. The van der Waals surface area contributed by atoms with Crippen LogP contribution in [-0.4, -0.2) is 42.7 Å². The van der Waals surface area contributed by atoms with Gasteiger partial charge in [-0.2, -0.15) is 10.1 Å². The van der Waals surface area contributed by atoms with E-state index in [1.54, 1.807) is 6.92 Å². The van der Waals surface area contributed by atoms with E-state index in [0.717, 1.165) is 6.42 Å². The first-order valence-corrected chi connectivity index (χ1v) is 6.59. The highest BCUT2D eigenvalue weighted by Crippen LogP contribution is 2.16. The van der Waals surface area contributed by atoms with Crippen molar-refractivity contribution in [3.63, 3.8) is 0 Å². The van der Waals surface area contributed by atoms with Crippen molar-refractivity contribution in [2.75, 3.05) is 6.61 Å². The van der Waals surface area contributed by atoms with Crippen LogP contribution < -0.4 is 5.32 Å². The number of hydrogen-bond acceptors (Lipinski definition) is 5. The molecule has 0 aliphatic carbocycles. The first-order chi connectivity index (χ1) is 9.50. The Morgan fingerprint density at radius 2 is 2.25 bits per heavy atom. The van der Waals surface area contributed by atoms with E-state index in [4.69, 9.17) is 5.11 Å². The minimum absolute atomic E-state index is 0.0317. The standard InChI is InChI=1S/C13H19N5O2/c1-4-13(3,5-6-19)17-11(20)10-7-14-12-15-8-16-18(12)9(10)2/h7-8,19H,4-6H2,1-3H3,(H,17,20). The molecule has 2 heterocycles. The fourth-order valence-corrected chi connectivity index (χ4v) is 2.03. The van der Waals surface area contributed by atoms with Gasteiger partial charge in [0.1, 0.15) is 6.33 Å². The van der Waals surface area contributed by atoms with E-state index in [-0.39, 0.29) is 12.5 Å². The fraction of sp³-hybridized carbons (Fsp3) is 0.538. The number of carbonyl (C=O) groups excluding carboxylic acids is 1. The maximum Gasteiger partial charge on any atom is 0.255 e. The first-order valence-electron chi connectivity index (χ1n) is 6.59. The van der Waals surface area contributed by atoms with Crippen molar-refractivity contribution in [3.05, 3.63) is 23.8 Å². The quantitative estimate of drug-likeness (QED) is 0.840. The van der Waals surface area contributed by atoms with Gasteiger partial charge in [-0.05, 0) is 26.7 Å². The Morgan fingerprint density at radius 1 is 1.50 bits per heavy atom. The van der Waals surface area contributed by atoms with Crippen LogP contribution in [0, 0.1) is 6.92 Å². The minimum Gasteiger partial charge on any atom is -0.396 e. The van der Waals surface area contributed by atoms with E-state index in [1.165, 1.54) is 17.0 Å². The van der Waals surface area contributed by atoms with E-state index in [2.05, 4.69) is 20.4 Å². The summed E-state index contributed by atoms with van der Waals surface area (Å²) in [6.45, 7) is 5.72. The largest absolute Gasteiger partial charge is 0.396 e. The summed E-state index contributed by atoms with van der Waals surface area (Å²) in [5.41, 5.74) is 0.711. The van der Waals surface area contributed by atoms with Crippen molar-refractivity contribution >= 4 is 11.7 Å². The van der Waals surface area contributed by atoms with Crippen molar-refractivity contribution in [3.8, 4) is 0 Å². The highest BCUT2D eigenvalue weighted by atomic mass is 16.3. The molecule has 2 rings (SSSR count). The van der Waals surface area contributed by atoms with Gasteiger partial charge in [-0.25, -0.2) is 9.50 Å². The lowest BCUT2D eigenvalue weighted by atomic mass is 9.94. The Hall–Kier alpha value is -2.02. The number of aliphatic hydroxyl groups is 1. The Balaban J connectivity index is 2.29. The van der Waals surface area contributed by atoms with Crippen molar-refractivity contribution in [1.82, 2.24) is 24.9 Å². The normalized spacial score (nSPS) is 14.2. The van der Waals surface area contributed by atoms with Crippen molar-refractivity contribution in [1.29, 1.82) is 0 Å². The fourth-order valence-electron chi connectivity index (χ4n) is 2.03. The van der Waals surface area contributed by atoms with Crippen LogP contribution >= 0.6 is 0 Å². The third kappa shape index (κ3) is 2.62. The third-order valence-electron chi connectivity index (χ3n) is 3.65. The zero-order valence-corrected chi connectivity index (χ0v) is 11.9. The number of nitrogens with one attached hydrogen (secondary N) is 1. The second-order valence-electron chi connectivity index (χ2n) is 5.07. The van der Waals surface area contributed by atoms with Crippen molar-refractivity contribution in [2.45, 2.75) is 39.2 Å². The van der Waals surface area contributed by atoms with E-state index in [9.17, 15) is 4.79 Å². The van der Waals surface area contributed by atoms with Crippen LogP contribution in [0.5, 0.6) is 0 Å². The molecule has 1 unspecified atom stereocenters. The second kappa shape index (κ2) is 5.54. The van der Waals surface area contributed by atoms with Crippen LogP contribution in [0.3, 0.4) is 0 Å². The highest BCUT2D eigenvalue weighted by molar-refractivity contribution is 5.95. The molecule has 1 amide bonds. The molecule has 0 aliphatic rings. The van der Waals surface area contributed by atoms with Gasteiger partial charge in [-0.15, -0.1) is 0 Å². The van der Waals surface area contributed by atoms with Crippen molar-refractivity contribution < 1.29 is 9.90 Å². The Kier molecular flexibility index (Phi) is 3.99. The van der Waals surface area contributed by atoms with Gasteiger partial charge in [0.2, 0.25) is 0 Å². The van der Waals surface area contributed by atoms with Crippen LogP contribution in [0.4, 0.5) is 0 Å². The zero-order valence-electron chi connectivity index (χ0n) is 11.9. The van der Waals surface area contributed by atoms with Gasteiger partial charge >= 0.3 is 0 Å². The molecule has 0 saturated carbocycles. The number of rotatable bonds is 5. The van der Waals surface area contributed by atoms with Crippen LogP contribution in [0.1, 0.15) is 42.7 Å². The summed E-state index contributed by atoms with van der Waals surface area (Å²) in [5.74, 6) is 0.248. The maximum atomic E-state index is 12.4. The molecular weight excluding hydrogens is 258 g/mol. The van der Waals surface area contributed by atoms with Crippen LogP contribution in [-0.2, 0) is 0 Å². The number of hydrogen-bond donors (Lipinski definition) is 2. The van der Waals surface area contributed by atoms with Crippen LogP contribution in [0.15, 0.2) is 12.5 Å². The van der Waals surface area contributed by atoms with Gasteiger partial charge in [0, 0.05) is 18.3 Å². The number of aryl methyl sites for hydroxylation is 1. The molecular formula is C13H19N5O2. The molecule has 0 radical (unpaired) electrons. The summed E-state index contributed by atoms with van der Waals surface area (Å²) in [7, 11) is 0. The Labute approximate surface area is 117 Å². The first kappa shape index (κ1) is 14.4. The number of carbonyl (C=O) groups is 1. The molecule has 0 saturated heterocycles. The van der Waals surface area contributed by atoms with E-state index in [0.29, 0.717) is 23.5 Å². The Morgan fingerprint density at radius 3 is 2.90 bits per heavy atom. The molecule has 0 aromatic carbocycles. The monoisotopic (exact) mass is 277 g/mol. The summed E-state index contributed by atoms with van der Waals surface area (Å²) >= 11 is 0. The molecule has 2 aromatic rings. The lowest BCUT2D eigenvalue weighted by Gasteiger charge is -2.29. The van der Waals surface area contributed by atoms with Gasteiger partial charge < -0.3 is 10.4 Å². The smallest absolute Gasteiger partial charge is 0.255 e. The molecule has 0 fully saturated rings. The molecule has 2 aromatic heterocycles. The zero-order chi connectivity index (χ0) is 14.8. The SMILES string of the molecule is CCC(C)(CCO)NC(=O)c1cnc2ncnn2c1C. The van der Waals surface area contributed by atoms with Gasteiger partial charge in [0.05, 0.1) is 11.3 Å². The number of aromatic nitrogens is 4. The molecule has 7 heteroatoms. The molecule has 0 spiro atoms. The van der Waals surface area contributed by atoms with E-state index < -0.39 is 5.54 Å². The highest BCUT2D eigenvalue weighted by Gasteiger charge is 2.25. The number of fused-ring (bicyclic) bond motifs is 1. The third-order valence-corrected chi connectivity index (χ3v) is 3.65. The number of nitrogens with zero attached hydrogens (tertiary/aromatic N) is 4. The molecule has 108 valence electrons. The summed E-state index contributed by atoms with van der Waals surface area (Å²) in [4.78, 5) is 20.5. The topological polar surface area (TPSA) is 92.4 Å². The molecule has 0 bridgehead atoms. The van der Waals surface area contributed by atoms with Gasteiger partial charge in [0.25, 0.3) is 11.7 Å². The molecule has 2 N–H and O–H groups in total. The average molecular weight is 277 g/mol. The van der Waals surface area contributed by atoms with Crippen molar-refractivity contribution in [2.24, 2.45) is 0 Å². The molecule has 20 heavy (non-hydrogen) atoms. The summed E-state index contributed by atoms with van der Waals surface area (Å²) in [6.07, 6.45) is 4.15. The Bertz CT molecular complexity index is 624. The van der Waals surface area contributed by atoms with Crippen LogP contribution in [0.25, 0.3) is 5.78 Å². The van der Waals surface area contributed by atoms with Gasteiger partial charge in [-0.3, -0.25) is 4.79 Å².